The first kappa shape index (κ1) is 12.3. The van der Waals surface area contributed by atoms with E-state index < -0.39 is 5.75 Å². The van der Waals surface area contributed by atoms with Gasteiger partial charge in [-0.2, -0.15) is 0 Å². The van der Waals surface area contributed by atoms with Gasteiger partial charge in [-0.3, -0.25) is 0 Å². The van der Waals surface area contributed by atoms with Gasteiger partial charge in [0.05, 0.1) is 0 Å². The number of phenolic OH excluding ortho intramolecular Hbond substituents is 3. The Hall–Kier alpha value is -2.16. The zero-order valence-electron chi connectivity index (χ0n) is 10.4. The van der Waals surface area contributed by atoms with Gasteiger partial charge in [-0.1, -0.05) is 38.1 Å². The number of hydrogen-bond acceptors (Lipinski definition) is 3. The van der Waals surface area contributed by atoms with Gasteiger partial charge in [0.1, 0.15) is 0 Å². The van der Waals surface area contributed by atoms with Crippen molar-refractivity contribution >= 4 is 0 Å². The molecule has 0 aliphatic heterocycles. The fraction of sp³-hybridized carbons (Fsp3) is 0.200. The molecule has 18 heavy (non-hydrogen) atoms. The maximum Gasteiger partial charge on any atom is 0.200 e. The standard InChI is InChI=1S/C15H16O3/c1-9(2)11-5-3-4-6-12(11)10-7-13(16)15(18)14(17)8-10/h3-9,16-18H,1-2H3. The molecule has 0 aromatic heterocycles. The highest BCUT2D eigenvalue weighted by molar-refractivity contribution is 5.73. The van der Waals surface area contributed by atoms with Crippen LogP contribution in [0.5, 0.6) is 17.2 Å². The van der Waals surface area contributed by atoms with Gasteiger partial charge >= 0.3 is 0 Å². The first-order valence-electron chi connectivity index (χ1n) is 5.85. The van der Waals surface area contributed by atoms with Crippen molar-refractivity contribution in [2.24, 2.45) is 0 Å². The molecule has 0 bridgehead atoms. The molecule has 0 heterocycles. The second-order valence-corrected chi connectivity index (χ2v) is 4.61. The van der Waals surface area contributed by atoms with Crippen LogP contribution >= 0.6 is 0 Å². The van der Waals surface area contributed by atoms with E-state index in [0.29, 0.717) is 11.5 Å². The Bertz CT molecular complexity index is 551. The quantitative estimate of drug-likeness (QED) is 0.707. The second kappa shape index (κ2) is 4.61. The highest BCUT2D eigenvalue weighted by Gasteiger charge is 2.13. The largest absolute Gasteiger partial charge is 0.504 e. The Kier molecular flexibility index (Phi) is 3.15. The van der Waals surface area contributed by atoms with Crippen molar-refractivity contribution in [1.29, 1.82) is 0 Å². The lowest BCUT2D eigenvalue weighted by Gasteiger charge is -2.13. The minimum absolute atomic E-state index is 0.316. The summed E-state index contributed by atoms with van der Waals surface area (Å²) in [7, 11) is 0. The smallest absolute Gasteiger partial charge is 0.200 e. The van der Waals surface area contributed by atoms with Gasteiger partial charge in [0.2, 0.25) is 0 Å². The third-order valence-corrected chi connectivity index (χ3v) is 2.96. The molecule has 0 saturated heterocycles. The van der Waals surface area contributed by atoms with Gasteiger partial charge in [-0.25, -0.2) is 0 Å². The van der Waals surface area contributed by atoms with Crippen LogP contribution < -0.4 is 0 Å². The molecule has 2 aromatic carbocycles. The molecule has 0 aliphatic carbocycles. The molecule has 0 fully saturated rings. The van der Waals surface area contributed by atoms with E-state index in [1.165, 1.54) is 12.1 Å². The Morgan fingerprint density at radius 3 is 2.00 bits per heavy atom. The molecule has 0 spiro atoms. The third kappa shape index (κ3) is 2.12. The van der Waals surface area contributed by atoms with Crippen LogP contribution in [0.4, 0.5) is 0 Å². The number of rotatable bonds is 2. The van der Waals surface area contributed by atoms with E-state index in [2.05, 4.69) is 13.8 Å². The van der Waals surface area contributed by atoms with Crippen molar-refractivity contribution in [3.8, 4) is 28.4 Å². The molecule has 2 aromatic rings. The first-order valence-corrected chi connectivity index (χ1v) is 5.85. The van der Waals surface area contributed by atoms with Crippen LogP contribution in [0.3, 0.4) is 0 Å². The van der Waals surface area contributed by atoms with Gasteiger partial charge in [0.15, 0.2) is 17.2 Å². The summed E-state index contributed by atoms with van der Waals surface area (Å²) in [6.07, 6.45) is 0. The van der Waals surface area contributed by atoms with Crippen LogP contribution in [0.1, 0.15) is 25.3 Å². The van der Waals surface area contributed by atoms with E-state index in [-0.39, 0.29) is 11.5 Å². The Labute approximate surface area is 106 Å². The predicted molar refractivity (Wildman–Crippen MR) is 71.0 cm³/mol. The molecular formula is C15H16O3. The van der Waals surface area contributed by atoms with E-state index in [1.54, 1.807) is 0 Å². The van der Waals surface area contributed by atoms with Gasteiger partial charge in [0.25, 0.3) is 0 Å². The van der Waals surface area contributed by atoms with E-state index in [9.17, 15) is 15.3 Å². The molecule has 94 valence electrons. The predicted octanol–water partition coefficient (Wildman–Crippen LogP) is 3.59. The molecule has 0 saturated carbocycles. The van der Waals surface area contributed by atoms with Gasteiger partial charge in [-0.15, -0.1) is 0 Å². The van der Waals surface area contributed by atoms with E-state index in [0.717, 1.165) is 11.1 Å². The van der Waals surface area contributed by atoms with Crippen molar-refractivity contribution in [3.05, 3.63) is 42.0 Å². The van der Waals surface area contributed by atoms with Crippen LogP contribution in [0, 0.1) is 0 Å². The van der Waals surface area contributed by atoms with Crippen LogP contribution in [0.2, 0.25) is 0 Å². The minimum atomic E-state index is -0.485. The Morgan fingerprint density at radius 1 is 0.889 bits per heavy atom. The summed E-state index contributed by atoms with van der Waals surface area (Å²) in [4.78, 5) is 0. The zero-order valence-corrected chi connectivity index (χ0v) is 10.4. The average molecular weight is 244 g/mol. The van der Waals surface area contributed by atoms with Crippen LogP contribution in [-0.2, 0) is 0 Å². The summed E-state index contributed by atoms with van der Waals surface area (Å²) in [5.74, 6) is -0.785. The lowest BCUT2D eigenvalue weighted by molar-refractivity contribution is 0.368. The normalized spacial score (nSPS) is 10.8. The summed E-state index contributed by atoms with van der Waals surface area (Å²) in [5, 5.41) is 28.5. The molecule has 0 amide bonds. The van der Waals surface area contributed by atoms with Crippen molar-refractivity contribution in [2.45, 2.75) is 19.8 Å². The zero-order chi connectivity index (χ0) is 13.3. The van der Waals surface area contributed by atoms with Gasteiger partial charge in [-0.05, 0) is 34.7 Å². The summed E-state index contributed by atoms with van der Waals surface area (Å²) >= 11 is 0. The molecule has 0 aliphatic rings. The Balaban J connectivity index is 2.62. The highest BCUT2D eigenvalue weighted by Crippen LogP contribution is 2.40. The maximum absolute atomic E-state index is 9.56. The molecule has 3 nitrogen and oxygen atoms in total. The first-order chi connectivity index (χ1) is 8.50. The van der Waals surface area contributed by atoms with Gasteiger partial charge < -0.3 is 15.3 Å². The molecule has 0 unspecified atom stereocenters. The van der Waals surface area contributed by atoms with Crippen molar-refractivity contribution in [1.82, 2.24) is 0 Å². The van der Waals surface area contributed by atoms with E-state index >= 15 is 0 Å². The van der Waals surface area contributed by atoms with Crippen LogP contribution in [-0.4, -0.2) is 15.3 Å². The molecular weight excluding hydrogens is 228 g/mol. The monoisotopic (exact) mass is 244 g/mol. The minimum Gasteiger partial charge on any atom is -0.504 e. The number of phenols is 3. The number of aromatic hydroxyl groups is 3. The molecule has 3 heteroatoms. The number of benzene rings is 2. The third-order valence-electron chi connectivity index (χ3n) is 2.96. The summed E-state index contributed by atoms with van der Waals surface area (Å²) in [5.41, 5.74) is 2.76. The van der Waals surface area contributed by atoms with Crippen molar-refractivity contribution in [2.75, 3.05) is 0 Å². The number of hydrogen-bond donors (Lipinski definition) is 3. The summed E-state index contributed by atoms with van der Waals surface area (Å²) < 4.78 is 0. The lowest BCUT2D eigenvalue weighted by atomic mass is 9.92. The summed E-state index contributed by atoms with van der Waals surface area (Å²) in [6.45, 7) is 4.16. The topological polar surface area (TPSA) is 60.7 Å². The molecule has 3 N–H and O–H groups in total. The second-order valence-electron chi connectivity index (χ2n) is 4.61. The maximum atomic E-state index is 9.56. The highest BCUT2D eigenvalue weighted by atomic mass is 16.3. The molecule has 0 atom stereocenters. The molecule has 2 rings (SSSR count). The van der Waals surface area contributed by atoms with Crippen molar-refractivity contribution < 1.29 is 15.3 Å². The van der Waals surface area contributed by atoms with E-state index in [1.807, 2.05) is 24.3 Å². The van der Waals surface area contributed by atoms with Crippen LogP contribution in [0.25, 0.3) is 11.1 Å². The molecule has 0 radical (unpaired) electrons. The lowest BCUT2D eigenvalue weighted by Crippen LogP contribution is -1.91. The Morgan fingerprint density at radius 2 is 1.44 bits per heavy atom. The SMILES string of the molecule is CC(C)c1ccccc1-c1cc(O)c(O)c(O)c1. The fourth-order valence-corrected chi connectivity index (χ4v) is 2.02. The summed E-state index contributed by atoms with van der Waals surface area (Å²) in [6, 6.07) is 10.7. The fourth-order valence-electron chi connectivity index (χ4n) is 2.02. The van der Waals surface area contributed by atoms with Crippen molar-refractivity contribution in [3.63, 3.8) is 0 Å². The van der Waals surface area contributed by atoms with Crippen LogP contribution in [0.15, 0.2) is 36.4 Å². The average Bonchev–Trinajstić information content (AvgIpc) is 2.35. The van der Waals surface area contributed by atoms with Gasteiger partial charge in [0, 0.05) is 0 Å². The van der Waals surface area contributed by atoms with E-state index in [4.69, 9.17) is 0 Å².